The van der Waals surface area contributed by atoms with E-state index in [1.807, 2.05) is 24.3 Å². The number of thiocarbonyl (C=S) groups is 1. The van der Waals surface area contributed by atoms with Gasteiger partial charge in [0.25, 0.3) is 0 Å². The number of nitrogens with one attached hydrogen (secondary N) is 2. The van der Waals surface area contributed by atoms with E-state index in [1.54, 1.807) is 7.11 Å². The Morgan fingerprint density at radius 2 is 1.96 bits per heavy atom. The molecule has 2 aromatic rings. The molecule has 0 radical (unpaired) electrons. The van der Waals surface area contributed by atoms with E-state index >= 15 is 0 Å². The highest BCUT2D eigenvalue weighted by molar-refractivity contribution is 7.80. The summed E-state index contributed by atoms with van der Waals surface area (Å²) in [5.41, 5.74) is 3.51. The van der Waals surface area contributed by atoms with Crippen LogP contribution in [0.2, 0.25) is 0 Å². The van der Waals surface area contributed by atoms with Gasteiger partial charge in [-0.25, -0.2) is 0 Å². The number of aryl methyl sites for hydroxylation is 1. The zero-order chi connectivity index (χ0) is 17.9. The molecule has 6 heteroatoms. The number of hydrogen-bond donors (Lipinski definition) is 2. The Hall–Kier alpha value is -2.47. The lowest BCUT2D eigenvalue weighted by molar-refractivity contribution is 0.171. The van der Waals surface area contributed by atoms with Gasteiger partial charge in [0, 0.05) is 11.8 Å². The average molecular weight is 370 g/mol. The zero-order valence-electron chi connectivity index (χ0n) is 14.7. The molecular formula is C20H22N2O3S. The fourth-order valence-electron chi connectivity index (χ4n) is 3.51. The molecule has 0 bridgehead atoms. The molecule has 0 aromatic heterocycles. The second kappa shape index (κ2) is 7.41. The van der Waals surface area contributed by atoms with Crippen molar-refractivity contribution < 1.29 is 14.2 Å². The molecule has 0 fully saturated rings. The second-order valence-electron chi connectivity index (χ2n) is 6.47. The molecule has 136 valence electrons. The largest absolute Gasteiger partial charge is 0.497 e. The maximum atomic E-state index is 5.62. The Balaban J connectivity index is 1.44. The second-order valence-corrected chi connectivity index (χ2v) is 6.87. The van der Waals surface area contributed by atoms with Crippen molar-refractivity contribution >= 4 is 23.0 Å². The topological polar surface area (TPSA) is 51.8 Å². The minimum atomic E-state index is 0.210. The number of rotatable bonds is 3. The van der Waals surface area contributed by atoms with Crippen LogP contribution in [0.1, 0.15) is 30.0 Å². The molecule has 1 aliphatic carbocycles. The Bertz CT molecular complexity index is 825. The Morgan fingerprint density at radius 3 is 2.81 bits per heavy atom. The van der Waals surface area contributed by atoms with Crippen LogP contribution in [-0.2, 0) is 6.42 Å². The number of fused-ring (bicyclic) bond motifs is 2. The molecule has 4 rings (SSSR count). The van der Waals surface area contributed by atoms with Crippen LogP contribution >= 0.6 is 12.2 Å². The highest BCUT2D eigenvalue weighted by Crippen LogP contribution is 2.34. The first-order valence-corrected chi connectivity index (χ1v) is 9.28. The van der Waals surface area contributed by atoms with E-state index in [0.717, 1.165) is 42.2 Å². The molecule has 0 saturated carbocycles. The molecule has 0 amide bonds. The molecule has 26 heavy (non-hydrogen) atoms. The first-order valence-electron chi connectivity index (χ1n) is 8.87. The fourth-order valence-corrected chi connectivity index (χ4v) is 3.77. The van der Waals surface area contributed by atoms with Gasteiger partial charge >= 0.3 is 0 Å². The molecule has 2 aliphatic rings. The van der Waals surface area contributed by atoms with E-state index in [2.05, 4.69) is 22.8 Å². The van der Waals surface area contributed by atoms with Crippen molar-refractivity contribution in [2.45, 2.75) is 25.3 Å². The van der Waals surface area contributed by atoms with Crippen molar-refractivity contribution in [1.29, 1.82) is 0 Å². The van der Waals surface area contributed by atoms with Gasteiger partial charge in [0.05, 0.1) is 13.2 Å². The van der Waals surface area contributed by atoms with Crippen molar-refractivity contribution in [2.24, 2.45) is 0 Å². The van der Waals surface area contributed by atoms with Gasteiger partial charge in [-0.15, -0.1) is 0 Å². The van der Waals surface area contributed by atoms with Crippen molar-refractivity contribution in [2.75, 3.05) is 25.6 Å². The van der Waals surface area contributed by atoms with Crippen LogP contribution in [0.25, 0.3) is 0 Å². The third kappa shape index (κ3) is 3.55. The lowest BCUT2D eigenvalue weighted by Crippen LogP contribution is -2.34. The summed E-state index contributed by atoms with van der Waals surface area (Å²) in [4.78, 5) is 0. The number of ether oxygens (including phenoxy) is 3. The molecule has 2 aromatic carbocycles. The first-order chi connectivity index (χ1) is 12.7. The van der Waals surface area contributed by atoms with Crippen LogP contribution in [-0.4, -0.2) is 25.4 Å². The van der Waals surface area contributed by atoms with Gasteiger partial charge in [-0.05, 0) is 66.9 Å². The molecule has 5 nitrogen and oxygen atoms in total. The van der Waals surface area contributed by atoms with Crippen LogP contribution in [0.15, 0.2) is 36.4 Å². The summed E-state index contributed by atoms with van der Waals surface area (Å²) in [6.07, 6.45) is 3.26. The van der Waals surface area contributed by atoms with Gasteiger partial charge in [-0.1, -0.05) is 6.07 Å². The van der Waals surface area contributed by atoms with Crippen molar-refractivity contribution in [3.8, 4) is 17.2 Å². The maximum Gasteiger partial charge on any atom is 0.171 e. The van der Waals surface area contributed by atoms with Gasteiger partial charge in [-0.3, -0.25) is 0 Å². The first kappa shape index (κ1) is 17.0. The number of benzene rings is 2. The molecule has 2 N–H and O–H groups in total. The minimum Gasteiger partial charge on any atom is -0.497 e. The quantitative estimate of drug-likeness (QED) is 0.801. The van der Waals surface area contributed by atoms with Gasteiger partial charge in [0.15, 0.2) is 16.6 Å². The molecule has 1 heterocycles. The number of hydrogen-bond acceptors (Lipinski definition) is 4. The fraction of sp³-hybridized carbons (Fsp3) is 0.350. The molecule has 0 unspecified atom stereocenters. The van der Waals surface area contributed by atoms with Gasteiger partial charge in [-0.2, -0.15) is 0 Å². The maximum absolute atomic E-state index is 5.62. The Morgan fingerprint density at radius 1 is 1.12 bits per heavy atom. The summed E-state index contributed by atoms with van der Waals surface area (Å²) in [6, 6.07) is 12.3. The van der Waals surface area contributed by atoms with Crippen molar-refractivity contribution in [3.63, 3.8) is 0 Å². The van der Waals surface area contributed by atoms with Crippen molar-refractivity contribution in [3.05, 3.63) is 47.5 Å². The lowest BCUT2D eigenvalue weighted by Gasteiger charge is -2.28. The Kier molecular flexibility index (Phi) is 4.84. The standard InChI is InChI=1S/C20H22N2O3S/c1-23-15-6-7-16-13(11-15)3-2-4-17(16)22-20(26)21-14-5-8-18-19(12-14)25-10-9-24-18/h5-8,11-12,17H,2-4,9-10H2,1H3,(H2,21,22,26)/t17-/m0/s1. The van der Waals surface area contributed by atoms with Crippen LogP contribution in [0.3, 0.4) is 0 Å². The Labute approximate surface area is 158 Å². The molecule has 1 aliphatic heterocycles. The summed E-state index contributed by atoms with van der Waals surface area (Å²) >= 11 is 5.53. The molecule has 0 spiro atoms. The van der Waals surface area contributed by atoms with E-state index in [4.69, 9.17) is 26.4 Å². The third-order valence-electron chi connectivity index (χ3n) is 4.77. The van der Waals surface area contributed by atoms with Crippen LogP contribution in [0.4, 0.5) is 5.69 Å². The summed E-state index contributed by atoms with van der Waals surface area (Å²) in [5, 5.41) is 7.31. The predicted molar refractivity (Wildman–Crippen MR) is 105 cm³/mol. The van der Waals surface area contributed by atoms with Gasteiger partial charge < -0.3 is 24.8 Å². The monoisotopic (exact) mass is 370 g/mol. The lowest BCUT2D eigenvalue weighted by atomic mass is 9.87. The van der Waals surface area contributed by atoms with E-state index < -0.39 is 0 Å². The molecular weight excluding hydrogens is 348 g/mol. The molecule has 1 atom stereocenters. The SMILES string of the molecule is COc1ccc2c(c1)CCC[C@@H]2NC(=S)Nc1ccc2c(c1)OCCO2. The third-order valence-corrected chi connectivity index (χ3v) is 4.99. The van der Waals surface area contributed by atoms with Crippen molar-refractivity contribution in [1.82, 2.24) is 5.32 Å². The smallest absolute Gasteiger partial charge is 0.171 e. The van der Waals surface area contributed by atoms with Gasteiger partial charge in [0.1, 0.15) is 19.0 Å². The van der Waals surface area contributed by atoms with E-state index in [0.29, 0.717) is 18.3 Å². The van der Waals surface area contributed by atoms with E-state index in [-0.39, 0.29) is 6.04 Å². The summed E-state index contributed by atoms with van der Waals surface area (Å²) in [6.45, 7) is 1.16. The summed E-state index contributed by atoms with van der Waals surface area (Å²) in [5.74, 6) is 2.43. The van der Waals surface area contributed by atoms with Gasteiger partial charge in [0.2, 0.25) is 0 Å². The van der Waals surface area contributed by atoms with Crippen LogP contribution in [0.5, 0.6) is 17.2 Å². The number of anilines is 1. The minimum absolute atomic E-state index is 0.210. The number of methoxy groups -OCH3 is 1. The normalized spacial score (nSPS) is 17.8. The van der Waals surface area contributed by atoms with E-state index in [1.165, 1.54) is 11.1 Å². The molecule has 0 saturated heterocycles. The summed E-state index contributed by atoms with van der Waals surface area (Å²) < 4.78 is 16.5. The van der Waals surface area contributed by atoms with Crippen LogP contribution < -0.4 is 24.8 Å². The summed E-state index contributed by atoms with van der Waals surface area (Å²) in [7, 11) is 1.70. The highest BCUT2D eigenvalue weighted by atomic mass is 32.1. The average Bonchev–Trinajstić information content (AvgIpc) is 2.67. The highest BCUT2D eigenvalue weighted by Gasteiger charge is 2.21. The predicted octanol–water partition coefficient (Wildman–Crippen LogP) is 3.83. The van der Waals surface area contributed by atoms with E-state index in [9.17, 15) is 0 Å². The zero-order valence-corrected chi connectivity index (χ0v) is 15.5. The van der Waals surface area contributed by atoms with Crippen LogP contribution in [0, 0.1) is 0 Å².